The largest absolute Gasteiger partial charge is 1.00 e. The number of hydrogen-bond acceptors (Lipinski definition) is 4. The van der Waals surface area contributed by atoms with Crippen molar-refractivity contribution >= 4 is 12.4 Å². The molecular weight excluding hydrogens is 490 g/mol. The predicted molar refractivity (Wildman–Crippen MR) is 137 cm³/mol. The Kier molecular flexibility index (Phi) is 12.1. The molecule has 1 aliphatic heterocycles. The third kappa shape index (κ3) is 9.18. The van der Waals surface area contributed by atoms with Crippen LogP contribution in [0.4, 0.5) is 18.0 Å². The minimum atomic E-state index is -3.42. The quantitative estimate of drug-likeness (QED) is 0.324. The number of alkyl halides is 2. The minimum Gasteiger partial charge on any atom is -0.541 e. The van der Waals surface area contributed by atoms with Gasteiger partial charge in [0.25, 0.3) is 5.92 Å². The van der Waals surface area contributed by atoms with E-state index in [1.165, 1.54) is 6.07 Å². The van der Waals surface area contributed by atoms with Crippen LogP contribution in [0.3, 0.4) is 0 Å². The van der Waals surface area contributed by atoms with Gasteiger partial charge in [-0.2, -0.15) is 26.8 Å². The normalized spacial score (nSPS) is 15.1. The van der Waals surface area contributed by atoms with E-state index in [4.69, 9.17) is 9.47 Å². The Morgan fingerprint density at radius 2 is 1.79 bits per heavy atom. The number of carbonyl (C=O) groups is 1. The molecule has 1 heterocycles. The van der Waals surface area contributed by atoms with Crippen molar-refractivity contribution < 1.29 is 51.1 Å². The van der Waals surface area contributed by atoms with Crippen molar-refractivity contribution in [2.45, 2.75) is 52.1 Å². The summed E-state index contributed by atoms with van der Waals surface area (Å²) in [6.07, 6.45) is 2.87. The summed E-state index contributed by atoms with van der Waals surface area (Å²) in [7, 11) is 0. The van der Waals surface area contributed by atoms with Crippen LogP contribution in [0.1, 0.15) is 50.8 Å². The SMILES string of the molecule is C=C(C)C(F)(F)c1ccc(Oc2ccc(C[CH2-])c([CH2-])c2)cc1F.CC(C)(C)OC(=O)N1CCC([C-]=O)C1.[Li+]. The molecule has 1 aliphatic rings. The Balaban J connectivity index is 0.000000415. The minimum absolute atomic E-state index is 0. The molecule has 0 saturated carbocycles. The molecule has 1 unspecified atom stereocenters. The van der Waals surface area contributed by atoms with E-state index in [-0.39, 0.29) is 36.6 Å². The molecule has 0 radical (unpaired) electrons. The third-order valence-electron chi connectivity index (χ3n) is 5.50. The first-order chi connectivity index (χ1) is 17.2. The van der Waals surface area contributed by atoms with E-state index in [0.29, 0.717) is 31.7 Å². The number of allylic oxidation sites excluding steroid dienone is 1. The molecule has 0 aromatic heterocycles. The Hall–Kier alpha value is -2.82. The number of halogens is 3. The van der Waals surface area contributed by atoms with Crippen LogP contribution < -0.4 is 23.6 Å². The smallest absolute Gasteiger partial charge is 0.541 e. The number of amides is 1. The second-order valence-electron chi connectivity index (χ2n) is 9.81. The maximum atomic E-state index is 14.0. The van der Waals surface area contributed by atoms with Crippen molar-refractivity contribution in [3.05, 3.63) is 84.9 Å². The molecule has 1 amide bonds. The topological polar surface area (TPSA) is 55.8 Å². The number of likely N-dealkylation sites (tertiary alicyclic amines) is 1. The zero-order chi connectivity index (χ0) is 28.0. The summed E-state index contributed by atoms with van der Waals surface area (Å²) in [5, 5.41) is 0. The average molecular weight is 524 g/mol. The van der Waals surface area contributed by atoms with Crippen molar-refractivity contribution in [2.24, 2.45) is 5.92 Å². The zero-order valence-electron chi connectivity index (χ0n) is 22.7. The van der Waals surface area contributed by atoms with Crippen LogP contribution in [0, 0.1) is 25.6 Å². The van der Waals surface area contributed by atoms with Crippen LogP contribution in [0.25, 0.3) is 0 Å². The molecule has 1 fully saturated rings. The summed E-state index contributed by atoms with van der Waals surface area (Å²) in [5.41, 5.74) is 0.113. The van der Waals surface area contributed by atoms with Crippen molar-refractivity contribution in [3.63, 3.8) is 0 Å². The molecule has 38 heavy (non-hydrogen) atoms. The Bertz CT molecular complexity index is 1130. The summed E-state index contributed by atoms with van der Waals surface area (Å²) in [6.45, 7) is 18.5. The van der Waals surface area contributed by atoms with E-state index < -0.39 is 28.5 Å². The maximum absolute atomic E-state index is 14.0. The Morgan fingerprint density at radius 3 is 2.26 bits per heavy atom. The number of rotatable bonds is 6. The third-order valence-corrected chi connectivity index (χ3v) is 5.50. The first-order valence-corrected chi connectivity index (χ1v) is 11.8. The standard InChI is InChI=1S/C19H17F3O.C10H16NO3.Li/c1-5-14-6-7-15(10-13(14)4)23-16-8-9-17(18(20)11-16)19(21,22)12(2)3;1-10(2,3)14-9(13)11-5-4-8(6-11)7-12;/h6-11H,1-2,4-5H2,3H3;8H,4-6H2,1-3H3;/q-2;-1;+1. The summed E-state index contributed by atoms with van der Waals surface area (Å²) in [4.78, 5) is 23.4. The van der Waals surface area contributed by atoms with Crippen LogP contribution in [0.15, 0.2) is 48.6 Å². The molecule has 3 rings (SSSR count). The Morgan fingerprint density at radius 1 is 1.18 bits per heavy atom. The monoisotopic (exact) mass is 523 g/mol. The first-order valence-electron chi connectivity index (χ1n) is 11.8. The van der Waals surface area contributed by atoms with Crippen molar-refractivity contribution in [3.8, 4) is 11.5 Å². The molecule has 2 aromatic rings. The van der Waals surface area contributed by atoms with Crippen LogP contribution in [0.2, 0.25) is 0 Å². The molecule has 1 saturated heterocycles. The van der Waals surface area contributed by atoms with Crippen LogP contribution in [-0.4, -0.2) is 36.0 Å². The molecular formula is C29H33F3LiNO4-2. The molecule has 0 aliphatic carbocycles. The van der Waals surface area contributed by atoms with E-state index in [0.717, 1.165) is 30.2 Å². The van der Waals surface area contributed by atoms with Gasteiger partial charge in [-0.25, -0.2) is 15.6 Å². The first kappa shape index (κ1) is 33.2. The van der Waals surface area contributed by atoms with Crippen molar-refractivity contribution in [1.82, 2.24) is 4.90 Å². The number of benzene rings is 2. The molecule has 202 valence electrons. The number of carbonyl (C=O) groups excluding carboxylic acids is 2. The van der Waals surface area contributed by atoms with Crippen molar-refractivity contribution in [2.75, 3.05) is 13.1 Å². The molecule has 2 aromatic carbocycles. The van der Waals surface area contributed by atoms with E-state index in [9.17, 15) is 22.8 Å². The second-order valence-corrected chi connectivity index (χ2v) is 9.81. The maximum Gasteiger partial charge on any atom is 1.00 e. The average Bonchev–Trinajstić information content (AvgIpc) is 3.28. The van der Waals surface area contributed by atoms with Gasteiger partial charge in [-0.15, -0.1) is 18.1 Å². The van der Waals surface area contributed by atoms with Crippen LogP contribution in [-0.2, 0) is 21.9 Å². The fourth-order valence-corrected chi connectivity index (χ4v) is 3.44. The fourth-order valence-electron chi connectivity index (χ4n) is 3.44. The summed E-state index contributed by atoms with van der Waals surface area (Å²) in [6, 6.07) is 8.44. The van der Waals surface area contributed by atoms with Gasteiger partial charge in [0, 0.05) is 19.2 Å². The molecule has 9 heteroatoms. The zero-order valence-corrected chi connectivity index (χ0v) is 22.7. The molecule has 0 bridgehead atoms. The number of ether oxygens (including phenoxy) is 2. The van der Waals surface area contributed by atoms with Gasteiger partial charge in [0.15, 0.2) is 0 Å². The van der Waals surface area contributed by atoms with Gasteiger partial charge in [0.2, 0.25) is 0 Å². The van der Waals surface area contributed by atoms with E-state index in [1.807, 2.05) is 33.1 Å². The predicted octanol–water partition coefficient (Wildman–Crippen LogP) is 4.20. The second kappa shape index (κ2) is 13.8. The van der Waals surface area contributed by atoms with Crippen LogP contribution in [0.5, 0.6) is 11.5 Å². The van der Waals surface area contributed by atoms with Gasteiger partial charge in [-0.3, -0.25) is 6.29 Å². The number of hydrogen-bond donors (Lipinski definition) is 0. The van der Waals surface area contributed by atoms with E-state index in [1.54, 1.807) is 17.0 Å². The van der Waals surface area contributed by atoms with Gasteiger partial charge in [-0.1, -0.05) is 13.0 Å². The van der Waals surface area contributed by atoms with Gasteiger partial charge in [0.05, 0.1) is 11.3 Å². The van der Waals surface area contributed by atoms with E-state index in [2.05, 4.69) is 20.4 Å². The van der Waals surface area contributed by atoms with Gasteiger partial charge in [-0.05, 0) is 51.5 Å². The molecule has 0 N–H and O–H groups in total. The van der Waals surface area contributed by atoms with E-state index >= 15 is 0 Å². The summed E-state index contributed by atoms with van der Waals surface area (Å²) in [5.74, 6) is -4.02. The summed E-state index contributed by atoms with van der Waals surface area (Å²) < 4.78 is 52.3. The van der Waals surface area contributed by atoms with Crippen LogP contribution >= 0.6 is 0 Å². The fraction of sp³-hybridized carbons (Fsp3) is 0.379. The number of nitrogens with zero attached hydrogens (tertiary/aromatic N) is 1. The molecule has 1 atom stereocenters. The molecule has 5 nitrogen and oxygen atoms in total. The van der Waals surface area contributed by atoms with Crippen molar-refractivity contribution in [1.29, 1.82) is 0 Å². The van der Waals surface area contributed by atoms with Gasteiger partial charge < -0.3 is 26.1 Å². The summed E-state index contributed by atoms with van der Waals surface area (Å²) >= 11 is 0. The molecule has 0 spiro atoms. The van der Waals surface area contributed by atoms with Gasteiger partial charge in [0.1, 0.15) is 17.2 Å². The van der Waals surface area contributed by atoms with Gasteiger partial charge >= 0.3 is 25.0 Å². The Labute approximate surface area is 235 Å².